The van der Waals surface area contributed by atoms with Gasteiger partial charge < -0.3 is 16.0 Å². The van der Waals surface area contributed by atoms with Crippen LogP contribution in [0.25, 0.3) is 22.3 Å². The number of nitrogen functional groups attached to an aromatic ring is 1. The summed E-state index contributed by atoms with van der Waals surface area (Å²) < 4.78 is 41.0. The van der Waals surface area contributed by atoms with Gasteiger partial charge in [0, 0.05) is 30.4 Å². The number of aromatic nitrogens is 5. The Labute approximate surface area is 227 Å². The van der Waals surface area contributed by atoms with E-state index in [1.807, 2.05) is 11.6 Å². The second-order valence-corrected chi connectivity index (χ2v) is 10.3. The first kappa shape index (κ1) is 25.8. The van der Waals surface area contributed by atoms with Gasteiger partial charge in [0.25, 0.3) is 5.91 Å². The Bertz CT molecular complexity index is 1580. The van der Waals surface area contributed by atoms with Gasteiger partial charge in [-0.15, -0.1) is 0 Å². The van der Waals surface area contributed by atoms with E-state index in [9.17, 15) is 18.0 Å². The van der Waals surface area contributed by atoms with Crippen molar-refractivity contribution in [3.63, 3.8) is 0 Å². The fourth-order valence-electron chi connectivity index (χ4n) is 5.93. The Morgan fingerprint density at radius 3 is 2.48 bits per heavy atom. The van der Waals surface area contributed by atoms with Crippen molar-refractivity contribution in [3.05, 3.63) is 72.3 Å². The molecule has 1 aromatic carbocycles. The van der Waals surface area contributed by atoms with Crippen LogP contribution in [0.2, 0.25) is 0 Å². The largest absolute Gasteiger partial charge is 0.416 e. The van der Waals surface area contributed by atoms with Crippen LogP contribution in [-0.2, 0) is 6.18 Å². The molecule has 4 aromatic rings. The molecule has 9 nitrogen and oxygen atoms in total. The minimum absolute atomic E-state index is 0.186. The average Bonchev–Trinajstić information content (AvgIpc) is 3.61. The molecule has 1 aliphatic carbocycles. The quantitative estimate of drug-likeness (QED) is 0.354. The van der Waals surface area contributed by atoms with Crippen molar-refractivity contribution in [3.8, 4) is 11.3 Å². The fraction of sp³-hybridized carbons (Fsp3) is 0.321. The maximum atomic E-state index is 13.0. The number of benzene rings is 1. The van der Waals surface area contributed by atoms with Gasteiger partial charge >= 0.3 is 6.18 Å². The summed E-state index contributed by atoms with van der Waals surface area (Å²) in [6.07, 6.45) is 4.14. The average molecular weight is 549 g/mol. The van der Waals surface area contributed by atoms with E-state index in [1.54, 1.807) is 24.3 Å². The third-order valence-electron chi connectivity index (χ3n) is 7.73. The van der Waals surface area contributed by atoms with Gasteiger partial charge in [0.1, 0.15) is 23.7 Å². The molecule has 206 valence electrons. The number of nitrogens with zero attached hydrogens (tertiary/aromatic N) is 6. The zero-order valence-electron chi connectivity index (χ0n) is 21.6. The number of nitrogens with two attached hydrogens (primary N) is 1. The smallest absolute Gasteiger partial charge is 0.383 e. The Morgan fingerprint density at radius 2 is 1.80 bits per heavy atom. The topological polar surface area (TPSA) is 115 Å². The number of carbonyl (C=O) groups is 1. The Hall–Kier alpha value is -4.48. The summed E-state index contributed by atoms with van der Waals surface area (Å²) in [5.74, 6) is 0.732. The predicted octanol–water partition coefficient (Wildman–Crippen LogP) is 5.16. The van der Waals surface area contributed by atoms with Crippen molar-refractivity contribution in [2.24, 2.45) is 11.8 Å². The molecule has 1 aliphatic heterocycles. The number of carbonyl (C=O) groups excluding carboxylic acids is 1. The molecular formula is C28H27F3N8O. The molecule has 6 rings (SSSR count). The molecule has 40 heavy (non-hydrogen) atoms. The van der Waals surface area contributed by atoms with Crippen LogP contribution in [0, 0.1) is 11.8 Å². The number of hydrogen-bond donors (Lipinski definition) is 2. The highest BCUT2D eigenvalue weighted by Gasteiger charge is 2.42. The van der Waals surface area contributed by atoms with Crippen LogP contribution < -0.4 is 11.1 Å². The molecule has 4 heterocycles. The standard InChI is InChI=1S/C28H27F3N8O/c1-2-9-38-13-18-10-21(11-19(18)14-38)39-26-23(25(32)34-15-35-26)24(37-39)16-3-5-17(6-4-16)27(40)36-22-12-20(7-8-33-22)28(29,30)31/h2-9,12,15,18-19,21H,10-11,13-14H2,1H3,(H2,32,34,35)(H,33,36,40). The summed E-state index contributed by atoms with van der Waals surface area (Å²) in [4.78, 5) is 27.6. The van der Waals surface area contributed by atoms with Crippen molar-refractivity contribution in [1.82, 2.24) is 29.6 Å². The highest BCUT2D eigenvalue weighted by atomic mass is 19.4. The van der Waals surface area contributed by atoms with E-state index in [4.69, 9.17) is 10.8 Å². The van der Waals surface area contributed by atoms with Gasteiger partial charge in [-0.2, -0.15) is 18.3 Å². The van der Waals surface area contributed by atoms with E-state index < -0.39 is 17.6 Å². The van der Waals surface area contributed by atoms with Crippen LogP contribution in [-0.4, -0.2) is 48.6 Å². The molecule has 0 bridgehead atoms. The molecule has 1 amide bonds. The highest BCUT2D eigenvalue weighted by Crippen LogP contribution is 2.45. The third kappa shape index (κ3) is 4.74. The molecule has 1 saturated heterocycles. The molecule has 2 fully saturated rings. The molecule has 3 aromatic heterocycles. The van der Waals surface area contributed by atoms with Gasteiger partial charge in [-0.3, -0.25) is 4.79 Å². The molecule has 2 unspecified atom stereocenters. The first-order valence-corrected chi connectivity index (χ1v) is 13.0. The number of pyridine rings is 1. The number of halogens is 3. The van der Waals surface area contributed by atoms with E-state index in [-0.39, 0.29) is 17.4 Å². The molecule has 3 N–H and O–H groups in total. The fourth-order valence-corrected chi connectivity index (χ4v) is 5.93. The van der Waals surface area contributed by atoms with Gasteiger partial charge in [-0.25, -0.2) is 19.6 Å². The van der Waals surface area contributed by atoms with E-state index in [0.29, 0.717) is 34.4 Å². The minimum Gasteiger partial charge on any atom is -0.383 e. The lowest BCUT2D eigenvalue weighted by Crippen LogP contribution is -2.17. The molecule has 12 heteroatoms. The van der Waals surface area contributed by atoms with E-state index in [1.165, 1.54) is 6.33 Å². The number of likely N-dealkylation sites (tertiary alicyclic amines) is 1. The lowest BCUT2D eigenvalue weighted by atomic mass is 10.0. The SMILES string of the molecule is CC=CN1CC2CC(n3nc(-c4ccc(C(=O)Nc5cc(C(F)(F)F)ccn5)cc4)c4c(N)ncnc43)CC2C1. The van der Waals surface area contributed by atoms with Gasteiger partial charge in [-0.1, -0.05) is 18.2 Å². The second kappa shape index (κ2) is 9.92. The number of anilines is 2. The van der Waals surface area contributed by atoms with Crippen molar-refractivity contribution in [2.75, 3.05) is 24.1 Å². The Kier molecular flexibility index (Phi) is 6.40. The van der Waals surface area contributed by atoms with Gasteiger partial charge in [0.2, 0.25) is 0 Å². The number of nitrogens with one attached hydrogen (secondary N) is 1. The Balaban J connectivity index is 1.25. The van der Waals surface area contributed by atoms with E-state index >= 15 is 0 Å². The molecule has 0 radical (unpaired) electrons. The van der Waals surface area contributed by atoms with Crippen molar-refractivity contribution < 1.29 is 18.0 Å². The summed E-state index contributed by atoms with van der Waals surface area (Å²) in [6, 6.07) is 8.45. The summed E-state index contributed by atoms with van der Waals surface area (Å²) in [7, 11) is 0. The lowest BCUT2D eigenvalue weighted by molar-refractivity contribution is -0.137. The summed E-state index contributed by atoms with van der Waals surface area (Å²) in [5.41, 5.74) is 7.66. The van der Waals surface area contributed by atoms with E-state index in [0.717, 1.165) is 49.8 Å². The maximum Gasteiger partial charge on any atom is 0.416 e. The zero-order valence-corrected chi connectivity index (χ0v) is 21.6. The molecule has 0 spiro atoms. The number of rotatable bonds is 5. The van der Waals surface area contributed by atoms with Gasteiger partial charge in [-0.05, 0) is 62.1 Å². The second-order valence-electron chi connectivity index (χ2n) is 10.3. The molecule has 2 aliphatic rings. The maximum absolute atomic E-state index is 13.0. The van der Waals surface area contributed by atoms with Gasteiger partial charge in [0.15, 0.2) is 5.65 Å². The van der Waals surface area contributed by atoms with Crippen LogP contribution >= 0.6 is 0 Å². The summed E-state index contributed by atoms with van der Waals surface area (Å²) >= 11 is 0. The van der Waals surface area contributed by atoms with Crippen molar-refractivity contribution in [1.29, 1.82) is 0 Å². The normalized spacial score (nSPS) is 20.9. The monoisotopic (exact) mass is 548 g/mol. The summed E-state index contributed by atoms with van der Waals surface area (Å²) in [5, 5.41) is 8.03. The van der Waals surface area contributed by atoms with E-state index in [2.05, 4.69) is 37.4 Å². The molecule has 1 saturated carbocycles. The molecule has 2 atom stereocenters. The lowest BCUT2D eigenvalue weighted by Gasteiger charge is -2.17. The number of alkyl halides is 3. The van der Waals surface area contributed by atoms with Crippen LogP contribution in [0.4, 0.5) is 24.8 Å². The number of amides is 1. The number of hydrogen-bond acceptors (Lipinski definition) is 7. The van der Waals surface area contributed by atoms with Crippen molar-refractivity contribution >= 4 is 28.6 Å². The first-order chi connectivity index (χ1) is 19.2. The van der Waals surface area contributed by atoms with Crippen LogP contribution in [0.5, 0.6) is 0 Å². The molecular weight excluding hydrogens is 521 g/mol. The predicted molar refractivity (Wildman–Crippen MR) is 144 cm³/mol. The summed E-state index contributed by atoms with van der Waals surface area (Å²) in [6.45, 7) is 4.10. The first-order valence-electron chi connectivity index (χ1n) is 13.0. The Morgan fingerprint density at radius 1 is 1.07 bits per heavy atom. The zero-order chi connectivity index (χ0) is 28.0. The van der Waals surface area contributed by atoms with Crippen LogP contribution in [0.1, 0.15) is 41.7 Å². The van der Waals surface area contributed by atoms with Crippen LogP contribution in [0.15, 0.2) is 61.2 Å². The van der Waals surface area contributed by atoms with Crippen molar-refractivity contribution in [2.45, 2.75) is 32.0 Å². The number of allylic oxidation sites excluding steroid dienone is 1. The number of fused-ring (bicyclic) bond motifs is 2. The van der Waals surface area contributed by atoms with Gasteiger partial charge in [0.05, 0.1) is 17.0 Å². The highest BCUT2D eigenvalue weighted by molar-refractivity contribution is 6.04. The van der Waals surface area contributed by atoms with Crippen LogP contribution in [0.3, 0.4) is 0 Å². The minimum atomic E-state index is -4.54. The third-order valence-corrected chi connectivity index (χ3v) is 7.73.